The van der Waals surface area contributed by atoms with Crippen molar-refractivity contribution < 1.29 is 0 Å². The first-order chi connectivity index (χ1) is 15.2. The average Bonchev–Trinajstić information content (AvgIpc) is 2.72. The first-order valence-electron chi connectivity index (χ1n) is 11.0. The number of hydrogen-bond acceptors (Lipinski definition) is 5. The van der Waals surface area contributed by atoms with Gasteiger partial charge < -0.3 is 0 Å². The van der Waals surface area contributed by atoms with Crippen molar-refractivity contribution in [2.75, 3.05) is 0 Å². The Kier molecular flexibility index (Phi) is 7.18. The van der Waals surface area contributed by atoms with E-state index in [1.165, 1.54) is 10.3 Å². The minimum atomic E-state index is -0.557. The highest BCUT2D eigenvalue weighted by atomic mass is 16.2. The number of hydrogen-bond donors (Lipinski definition) is 1. The fraction of sp³-hybridized carbons (Fsp3) is 0.400. The number of nitrogens with zero attached hydrogens (tertiary/aromatic N) is 4. The second-order valence-electron chi connectivity index (χ2n) is 8.48. The van der Waals surface area contributed by atoms with Crippen LogP contribution in [-0.2, 0) is 6.42 Å². The van der Waals surface area contributed by atoms with E-state index in [1.807, 2.05) is 39.1 Å². The summed E-state index contributed by atoms with van der Waals surface area (Å²) >= 11 is 0. The Hall–Kier alpha value is -3.35. The molecule has 7 heteroatoms. The first kappa shape index (κ1) is 23.3. The molecule has 7 nitrogen and oxygen atoms in total. The van der Waals surface area contributed by atoms with Crippen molar-refractivity contribution in [1.29, 1.82) is 0 Å². The van der Waals surface area contributed by atoms with E-state index >= 15 is 0 Å². The van der Waals surface area contributed by atoms with E-state index in [0.717, 1.165) is 52.8 Å². The summed E-state index contributed by atoms with van der Waals surface area (Å²) in [4.78, 5) is 35.3. The van der Waals surface area contributed by atoms with Gasteiger partial charge in [0, 0.05) is 12.6 Å². The van der Waals surface area contributed by atoms with Crippen LogP contribution in [-0.4, -0.2) is 24.7 Å². The molecule has 32 heavy (non-hydrogen) atoms. The third-order valence-electron chi connectivity index (χ3n) is 5.55. The number of aryl methyl sites for hydroxylation is 3. The smallest absolute Gasteiger partial charge is 0.271 e. The lowest BCUT2D eigenvalue weighted by Gasteiger charge is -2.16. The third kappa shape index (κ3) is 5.10. The van der Waals surface area contributed by atoms with Crippen LogP contribution in [0.2, 0.25) is 0 Å². The van der Waals surface area contributed by atoms with Gasteiger partial charge in [-0.05, 0) is 67.5 Å². The molecule has 0 saturated carbocycles. The quantitative estimate of drug-likeness (QED) is 0.606. The monoisotopic (exact) mass is 433 g/mol. The molecule has 0 spiro atoms. The van der Waals surface area contributed by atoms with Crippen molar-refractivity contribution in [2.45, 2.75) is 60.8 Å². The molecule has 0 bridgehead atoms. The highest BCUT2D eigenvalue weighted by molar-refractivity contribution is 5.65. The van der Waals surface area contributed by atoms with Gasteiger partial charge in [0.1, 0.15) is 6.20 Å². The molecule has 3 aromatic rings. The molecule has 0 aliphatic heterocycles. The summed E-state index contributed by atoms with van der Waals surface area (Å²) in [6.45, 7) is 12.6. The van der Waals surface area contributed by atoms with Crippen molar-refractivity contribution >= 4 is 5.57 Å². The molecule has 0 fully saturated rings. The SMILES string of the molecule is CCC/C=C(\c1nc(Cc2c(C)cc(-n3ncc(=O)[nH]c3=O)cc2C)cnc1C)C(C)C. The third-order valence-corrected chi connectivity index (χ3v) is 5.55. The summed E-state index contributed by atoms with van der Waals surface area (Å²) in [7, 11) is 0. The van der Waals surface area contributed by atoms with E-state index < -0.39 is 11.2 Å². The minimum absolute atomic E-state index is 0.371. The normalized spacial score (nSPS) is 11.9. The molecule has 1 aromatic carbocycles. The van der Waals surface area contributed by atoms with Crippen LogP contribution >= 0.6 is 0 Å². The number of nitrogens with one attached hydrogen (secondary N) is 1. The summed E-state index contributed by atoms with van der Waals surface area (Å²) in [5, 5.41) is 3.96. The maximum atomic E-state index is 12.1. The molecule has 0 radical (unpaired) electrons. The van der Waals surface area contributed by atoms with Gasteiger partial charge in [-0.15, -0.1) is 0 Å². The van der Waals surface area contributed by atoms with Crippen LogP contribution in [0.25, 0.3) is 11.3 Å². The van der Waals surface area contributed by atoms with Crippen LogP contribution in [0.5, 0.6) is 0 Å². The highest BCUT2D eigenvalue weighted by Crippen LogP contribution is 2.26. The molecule has 3 rings (SSSR count). The molecule has 168 valence electrons. The van der Waals surface area contributed by atoms with E-state index in [-0.39, 0.29) is 0 Å². The second kappa shape index (κ2) is 9.85. The lowest BCUT2D eigenvalue weighted by Crippen LogP contribution is -2.30. The van der Waals surface area contributed by atoms with Gasteiger partial charge in [-0.25, -0.2) is 9.78 Å². The van der Waals surface area contributed by atoms with Gasteiger partial charge in [0.2, 0.25) is 0 Å². The summed E-state index contributed by atoms with van der Waals surface area (Å²) in [5.74, 6) is 0.371. The van der Waals surface area contributed by atoms with Gasteiger partial charge in [0.25, 0.3) is 5.56 Å². The lowest BCUT2D eigenvalue weighted by atomic mass is 9.95. The molecule has 0 aliphatic carbocycles. The predicted molar refractivity (Wildman–Crippen MR) is 127 cm³/mol. The Labute approximate surface area is 188 Å². The Morgan fingerprint density at radius 2 is 1.81 bits per heavy atom. The van der Waals surface area contributed by atoms with Gasteiger partial charge in [-0.2, -0.15) is 9.78 Å². The molecule has 2 heterocycles. The zero-order valence-corrected chi connectivity index (χ0v) is 19.7. The molecule has 0 saturated heterocycles. The minimum Gasteiger partial charge on any atom is -0.271 e. The topological polar surface area (TPSA) is 93.5 Å². The maximum absolute atomic E-state index is 12.1. The van der Waals surface area contributed by atoms with Crippen molar-refractivity contribution in [1.82, 2.24) is 24.7 Å². The predicted octanol–water partition coefficient (Wildman–Crippen LogP) is 4.07. The summed E-state index contributed by atoms with van der Waals surface area (Å²) in [6.07, 6.45) is 7.99. The molecule has 0 amide bonds. The van der Waals surface area contributed by atoms with Crippen molar-refractivity contribution in [3.63, 3.8) is 0 Å². The molecule has 1 N–H and O–H groups in total. The highest BCUT2D eigenvalue weighted by Gasteiger charge is 2.15. The number of unbranched alkanes of at least 4 members (excludes halogenated alkanes) is 1. The summed E-state index contributed by atoms with van der Waals surface area (Å²) in [6, 6.07) is 3.80. The van der Waals surface area contributed by atoms with Gasteiger partial charge in [0.15, 0.2) is 0 Å². The van der Waals surface area contributed by atoms with Crippen molar-refractivity contribution in [3.05, 3.63) is 85.2 Å². The first-order valence-corrected chi connectivity index (χ1v) is 11.0. The molecule has 0 aliphatic rings. The number of benzene rings is 1. The van der Waals surface area contributed by atoms with Gasteiger partial charge in [-0.1, -0.05) is 33.3 Å². The maximum Gasteiger partial charge on any atom is 0.349 e. The fourth-order valence-corrected chi connectivity index (χ4v) is 3.84. The molecule has 2 aromatic heterocycles. The lowest BCUT2D eigenvalue weighted by molar-refractivity contribution is 0.747. The van der Waals surface area contributed by atoms with E-state index in [0.29, 0.717) is 18.0 Å². The van der Waals surface area contributed by atoms with Gasteiger partial charge in [0.05, 0.1) is 22.8 Å². The molecule has 0 unspecified atom stereocenters. The summed E-state index contributed by atoms with van der Waals surface area (Å²) < 4.78 is 1.20. The number of rotatable bonds is 7. The van der Waals surface area contributed by atoms with Gasteiger partial charge >= 0.3 is 5.69 Å². The van der Waals surface area contributed by atoms with E-state index in [2.05, 4.69) is 41.9 Å². The van der Waals surface area contributed by atoms with Crippen LogP contribution in [0.3, 0.4) is 0 Å². The Balaban J connectivity index is 1.99. The van der Waals surface area contributed by atoms with Crippen LogP contribution in [0, 0.1) is 26.7 Å². The van der Waals surface area contributed by atoms with Crippen LogP contribution in [0.15, 0.2) is 40.2 Å². The molecular formula is C25H31N5O2. The largest absolute Gasteiger partial charge is 0.349 e. The van der Waals surface area contributed by atoms with Crippen LogP contribution in [0.1, 0.15) is 67.4 Å². The fourth-order valence-electron chi connectivity index (χ4n) is 3.84. The zero-order chi connectivity index (χ0) is 23.4. The Morgan fingerprint density at radius 1 is 1.12 bits per heavy atom. The van der Waals surface area contributed by atoms with E-state index in [1.54, 1.807) is 0 Å². The average molecular weight is 434 g/mol. The summed E-state index contributed by atoms with van der Waals surface area (Å²) in [5.41, 5.74) is 6.79. The van der Waals surface area contributed by atoms with E-state index in [9.17, 15) is 9.59 Å². The second-order valence-corrected chi connectivity index (χ2v) is 8.48. The molecular weight excluding hydrogens is 402 g/mol. The number of aromatic nitrogens is 5. The van der Waals surface area contributed by atoms with Crippen molar-refractivity contribution in [2.24, 2.45) is 5.92 Å². The Morgan fingerprint density at radius 3 is 2.41 bits per heavy atom. The standard InChI is InChI=1S/C25H31N5O2/c1-7-8-9-21(15(2)3)24-18(6)26-13-19(28-24)12-22-16(4)10-20(11-17(22)5)30-25(32)29-23(31)14-27-30/h9-11,13-15H,7-8,12H2,1-6H3,(H,29,31,32)/b21-9-. The number of aromatic amines is 1. The van der Waals surface area contributed by atoms with Gasteiger partial charge in [-0.3, -0.25) is 14.8 Å². The Bertz CT molecular complexity index is 1240. The molecule has 0 atom stereocenters. The van der Waals surface area contributed by atoms with Crippen LogP contribution < -0.4 is 11.2 Å². The number of allylic oxidation sites excluding steroid dienone is 2. The van der Waals surface area contributed by atoms with Crippen LogP contribution in [0.4, 0.5) is 0 Å². The zero-order valence-electron chi connectivity index (χ0n) is 19.7. The van der Waals surface area contributed by atoms with Crippen molar-refractivity contribution in [3.8, 4) is 5.69 Å². The number of H-pyrrole nitrogens is 1. The van der Waals surface area contributed by atoms with E-state index in [4.69, 9.17) is 4.98 Å².